The van der Waals surface area contributed by atoms with Gasteiger partial charge >= 0.3 is 0 Å². The van der Waals surface area contributed by atoms with Gasteiger partial charge < -0.3 is 4.74 Å². The van der Waals surface area contributed by atoms with Gasteiger partial charge in [-0.25, -0.2) is 0 Å². The highest BCUT2D eigenvalue weighted by atomic mass is 32.2. The van der Waals surface area contributed by atoms with Crippen LogP contribution in [-0.2, 0) is 4.79 Å². The van der Waals surface area contributed by atoms with Gasteiger partial charge in [0.25, 0.3) is 11.1 Å². The fraction of sp³-hybridized carbons (Fsp3) is 0.167. The van der Waals surface area contributed by atoms with Gasteiger partial charge in [-0.1, -0.05) is 18.2 Å². The molecule has 1 aromatic carbocycles. The summed E-state index contributed by atoms with van der Waals surface area (Å²) in [7, 11) is 0. The highest BCUT2D eigenvalue weighted by molar-refractivity contribution is 8.18. The second kappa shape index (κ2) is 7.31. The van der Waals surface area contributed by atoms with Crippen LogP contribution in [0.25, 0.3) is 6.08 Å². The van der Waals surface area contributed by atoms with Crippen LogP contribution < -0.4 is 4.74 Å². The zero-order valence-corrected chi connectivity index (χ0v) is 14.0. The zero-order chi connectivity index (χ0) is 16.9. The number of aryl methyl sites for hydroxylation is 1. The number of nitrogens with zero attached hydrogens (tertiary/aromatic N) is 2. The number of aromatic nitrogens is 1. The van der Waals surface area contributed by atoms with E-state index in [4.69, 9.17) is 4.74 Å². The summed E-state index contributed by atoms with van der Waals surface area (Å²) >= 11 is 0.928. The smallest absolute Gasteiger partial charge is 0.293 e. The molecule has 1 aliphatic rings. The summed E-state index contributed by atoms with van der Waals surface area (Å²) in [6.07, 6.45) is 3.28. The Hall–Kier alpha value is -2.60. The van der Waals surface area contributed by atoms with E-state index in [0.717, 1.165) is 23.1 Å². The predicted octanol–water partition coefficient (Wildman–Crippen LogP) is 3.51. The molecule has 1 saturated heterocycles. The molecule has 24 heavy (non-hydrogen) atoms. The molecule has 0 unspecified atom stereocenters. The van der Waals surface area contributed by atoms with Crippen LogP contribution in [0.15, 0.2) is 53.6 Å². The van der Waals surface area contributed by atoms with Crippen LogP contribution in [0.5, 0.6) is 5.75 Å². The SMILES string of the molecule is Cc1cccc(OCCN2C(=O)S/C(=C\c3ccccn3)C2=O)c1. The molecular formula is C18H16N2O3S. The van der Waals surface area contributed by atoms with Gasteiger partial charge in [0.05, 0.1) is 17.1 Å². The van der Waals surface area contributed by atoms with Crippen molar-refractivity contribution in [2.45, 2.75) is 6.92 Å². The quantitative estimate of drug-likeness (QED) is 0.780. The molecule has 0 saturated carbocycles. The first kappa shape index (κ1) is 16.3. The Balaban J connectivity index is 1.61. The predicted molar refractivity (Wildman–Crippen MR) is 93.6 cm³/mol. The Labute approximate surface area is 144 Å². The monoisotopic (exact) mass is 340 g/mol. The van der Waals surface area contributed by atoms with Gasteiger partial charge in [0, 0.05) is 6.20 Å². The van der Waals surface area contributed by atoms with Crippen molar-refractivity contribution >= 4 is 29.0 Å². The van der Waals surface area contributed by atoms with E-state index in [1.54, 1.807) is 24.4 Å². The van der Waals surface area contributed by atoms with E-state index in [1.807, 2.05) is 37.3 Å². The minimum Gasteiger partial charge on any atom is -0.492 e. The number of hydrogen-bond donors (Lipinski definition) is 0. The van der Waals surface area contributed by atoms with E-state index >= 15 is 0 Å². The second-order valence-electron chi connectivity index (χ2n) is 5.25. The van der Waals surface area contributed by atoms with Crippen molar-refractivity contribution in [3.63, 3.8) is 0 Å². The van der Waals surface area contributed by atoms with Crippen molar-refractivity contribution in [1.82, 2.24) is 9.88 Å². The van der Waals surface area contributed by atoms with Gasteiger partial charge in [0.2, 0.25) is 0 Å². The molecule has 2 heterocycles. The van der Waals surface area contributed by atoms with E-state index in [0.29, 0.717) is 10.6 Å². The van der Waals surface area contributed by atoms with Crippen LogP contribution in [0.4, 0.5) is 4.79 Å². The van der Waals surface area contributed by atoms with Crippen LogP contribution in [0.1, 0.15) is 11.3 Å². The summed E-state index contributed by atoms with van der Waals surface area (Å²) in [6.45, 7) is 2.46. The lowest BCUT2D eigenvalue weighted by atomic mass is 10.2. The topological polar surface area (TPSA) is 59.5 Å². The Bertz CT molecular complexity index is 790. The zero-order valence-electron chi connectivity index (χ0n) is 13.1. The molecule has 0 N–H and O–H groups in total. The average Bonchev–Trinajstić information content (AvgIpc) is 2.83. The number of thioether (sulfide) groups is 1. The number of pyridine rings is 1. The first-order chi connectivity index (χ1) is 11.6. The normalized spacial score (nSPS) is 16.0. The maximum atomic E-state index is 12.3. The number of amides is 2. The number of ether oxygens (including phenoxy) is 1. The maximum absolute atomic E-state index is 12.3. The molecule has 0 aliphatic carbocycles. The minimum absolute atomic E-state index is 0.220. The van der Waals surface area contributed by atoms with E-state index in [-0.39, 0.29) is 24.3 Å². The number of benzene rings is 1. The molecule has 0 atom stereocenters. The van der Waals surface area contributed by atoms with Crippen molar-refractivity contribution in [3.05, 3.63) is 64.8 Å². The Morgan fingerprint density at radius 1 is 1.21 bits per heavy atom. The van der Waals surface area contributed by atoms with Crippen LogP contribution >= 0.6 is 11.8 Å². The fourth-order valence-electron chi connectivity index (χ4n) is 2.25. The van der Waals surface area contributed by atoms with Crippen molar-refractivity contribution in [2.75, 3.05) is 13.2 Å². The lowest BCUT2D eigenvalue weighted by Crippen LogP contribution is -2.32. The van der Waals surface area contributed by atoms with Crippen LogP contribution in [0.3, 0.4) is 0 Å². The van der Waals surface area contributed by atoms with Crippen LogP contribution in [0, 0.1) is 6.92 Å². The number of imide groups is 1. The van der Waals surface area contributed by atoms with Gasteiger partial charge in [0.15, 0.2) is 0 Å². The fourth-order valence-corrected chi connectivity index (χ4v) is 3.10. The van der Waals surface area contributed by atoms with E-state index in [9.17, 15) is 9.59 Å². The van der Waals surface area contributed by atoms with Crippen molar-refractivity contribution in [2.24, 2.45) is 0 Å². The summed E-state index contributed by atoms with van der Waals surface area (Å²) in [5, 5.41) is -0.282. The molecule has 2 aromatic rings. The third kappa shape index (κ3) is 3.83. The molecule has 1 fully saturated rings. The molecule has 0 radical (unpaired) electrons. The molecule has 5 nitrogen and oxygen atoms in total. The van der Waals surface area contributed by atoms with E-state index in [1.165, 1.54) is 4.90 Å². The summed E-state index contributed by atoms with van der Waals surface area (Å²) in [5.74, 6) is 0.425. The molecular weight excluding hydrogens is 324 g/mol. The third-order valence-electron chi connectivity index (χ3n) is 3.41. The number of hydrogen-bond acceptors (Lipinski definition) is 5. The lowest BCUT2D eigenvalue weighted by Gasteiger charge is -2.13. The molecule has 3 rings (SSSR count). The van der Waals surface area contributed by atoms with Crippen molar-refractivity contribution in [1.29, 1.82) is 0 Å². The maximum Gasteiger partial charge on any atom is 0.293 e. The molecule has 0 spiro atoms. The first-order valence-electron chi connectivity index (χ1n) is 7.49. The number of carbonyl (C=O) groups is 2. The highest BCUT2D eigenvalue weighted by Gasteiger charge is 2.34. The van der Waals surface area contributed by atoms with Gasteiger partial charge in [-0.2, -0.15) is 0 Å². The van der Waals surface area contributed by atoms with Gasteiger partial charge in [-0.05, 0) is 54.6 Å². The standard InChI is InChI=1S/C18H16N2O3S/c1-13-5-4-7-15(11-13)23-10-9-20-17(21)16(24-18(20)22)12-14-6-2-3-8-19-14/h2-8,11-12H,9-10H2,1H3/b16-12-. The molecule has 1 aromatic heterocycles. The van der Waals surface area contributed by atoms with Gasteiger partial charge in [-0.15, -0.1) is 0 Å². The van der Waals surface area contributed by atoms with Gasteiger partial charge in [-0.3, -0.25) is 19.5 Å². The summed E-state index contributed by atoms with van der Waals surface area (Å²) in [4.78, 5) is 30.1. The Kier molecular flexibility index (Phi) is 4.96. The Morgan fingerprint density at radius 2 is 2.08 bits per heavy atom. The van der Waals surface area contributed by atoms with Crippen molar-refractivity contribution in [3.8, 4) is 5.75 Å². The van der Waals surface area contributed by atoms with E-state index in [2.05, 4.69) is 4.98 Å². The number of rotatable bonds is 5. The van der Waals surface area contributed by atoms with E-state index < -0.39 is 0 Å². The molecule has 122 valence electrons. The van der Waals surface area contributed by atoms with Crippen LogP contribution in [0.2, 0.25) is 0 Å². The third-order valence-corrected chi connectivity index (χ3v) is 4.32. The van der Waals surface area contributed by atoms with Crippen LogP contribution in [-0.4, -0.2) is 34.2 Å². The molecule has 1 aliphatic heterocycles. The van der Waals surface area contributed by atoms with Crippen molar-refractivity contribution < 1.29 is 14.3 Å². The lowest BCUT2D eigenvalue weighted by molar-refractivity contribution is -0.123. The summed E-state index contributed by atoms with van der Waals surface area (Å²) in [6, 6.07) is 13.1. The average molecular weight is 340 g/mol. The minimum atomic E-state index is -0.302. The Morgan fingerprint density at radius 3 is 2.83 bits per heavy atom. The largest absolute Gasteiger partial charge is 0.492 e. The second-order valence-corrected chi connectivity index (χ2v) is 6.25. The first-order valence-corrected chi connectivity index (χ1v) is 8.31. The number of carbonyl (C=O) groups excluding carboxylic acids is 2. The van der Waals surface area contributed by atoms with Gasteiger partial charge in [0.1, 0.15) is 12.4 Å². The summed E-state index contributed by atoms with van der Waals surface area (Å²) in [5.41, 5.74) is 1.75. The highest BCUT2D eigenvalue weighted by Crippen LogP contribution is 2.31. The molecule has 0 bridgehead atoms. The molecule has 6 heteroatoms. The molecule has 2 amide bonds. The summed E-state index contributed by atoms with van der Waals surface area (Å²) < 4.78 is 5.61.